The lowest BCUT2D eigenvalue weighted by molar-refractivity contribution is 0.574. The molecule has 0 aromatic heterocycles. The molecule has 1 atom stereocenters. The van der Waals surface area contributed by atoms with E-state index in [1.54, 1.807) is 12.1 Å². The number of fused-ring (bicyclic) bond motifs is 4. The molecular formula is C23H17NO2S. The van der Waals surface area contributed by atoms with Gasteiger partial charge in [-0.25, -0.2) is 8.42 Å². The minimum Gasteiger partial charge on any atom is -0.207 e. The summed E-state index contributed by atoms with van der Waals surface area (Å²) in [5.74, 6) is 0. The fourth-order valence-electron chi connectivity index (χ4n) is 3.83. The van der Waals surface area contributed by atoms with Gasteiger partial charge >= 0.3 is 0 Å². The van der Waals surface area contributed by atoms with Crippen molar-refractivity contribution in [1.29, 1.82) is 0 Å². The van der Waals surface area contributed by atoms with Crippen LogP contribution in [0.2, 0.25) is 0 Å². The largest absolute Gasteiger partial charge is 0.242 e. The molecule has 1 unspecified atom stereocenters. The second-order valence-electron chi connectivity index (χ2n) is 6.74. The third kappa shape index (κ3) is 2.65. The number of nitrogens with one attached hydrogen (secondary N) is 1. The van der Waals surface area contributed by atoms with Crippen molar-refractivity contribution in [2.45, 2.75) is 10.9 Å². The molecule has 4 aromatic rings. The maximum atomic E-state index is 13.1. The zero-order valence-electron chi connectivity index (χ0n) is 14.5. The third-order valence-corrected chi connectivity index (χ3v) is 6.60. The molecule has 3 nitrogen and oxygen atoms in total. The van der Waals surface area contributed by atoms with Gasteiger partial charge in [0.15, 0.2) is 0 Å². The van der Waals surface area contributed by atoms with Crippen molar-refractivity contribution < 1.29 is 8.42 Å². The highest BCUT2D eigenvalue weighted by atomic mass is 32.2. The predicted molar refractivity (Wildman–Crippen MR) is 108 cm³/mol. The number of hydrogen-bond acceptors (Lipinski definition) is 2. The van der Waals surface area contributed by atoms with Crippen molar-refractivity contribution >= 4 is 20.8 Å². The monoisotopic (exact) mass is 371 g/mol. The number of benzene rings is 4. The van der Waals surface area contributed by atoms with Crippen molar-refractivity contribution in [1.82, 2.24) is 4.72 Å². The SMILES string of the molecule is O=S1(=O)NC(c2ccc3ccccc3c2)c2ccccc2-c2ccccc21. The van der Waals surface area contributed by atoms with Crippen LogP contribution in [-0.2, 0) is 10.0 Å². The van der Waals surface area contributed by atoms with Gasteiger partial charge in [0.05, 0.1) is 10.9 Å². The summed E-state index contributed by atoms with van der Waals surface area (Å²) >= 11 is 0. The van der Waals surface area contributed by atoms with Crippen LogP contribution in [-0.4, -0.2) is 8.42 Å². The molecule has 1 aliphatic rings. The average Bonchev–Trinajstić information content (AvgIpc) is 2.81. The van der Waals surface area contributed by atoms with Gasteiger partial charge in [-0.3, -0.25) is 0 Å². The Morgan fingerprint density at radius 1 is 0.667 bits per heavy atom. The molecule has 0 amide bonds. The first-order valence-corrected chi connectivity index (χ1v) is 10.3. The maximum absolute atomic E-state index is 13.1. The quantitative estimate of drug-likeness (QED) is 0.518. The predicted octanol–water partition coefficient (Wildman–Crippen LogP) is 4.89. The molecule has 5 rings (SSSR count). The van der Waals surface area contributed by atoms with Crippen LogP contribution in [0.1, 0.15) is 17.2 Å². The summed E-state index contributed by atoms with van der Waals surface area (Å²) < 4.78 is 29.1. The van der Waals surface area contributed by atoms with Crippen LogP contribution < -0.4 is 4.72 Å². The molecule has 1 N–H and O–H groups in total. The van der Waals surface area contributed by atoms with E-state index in [1.807, 2.05) is 66.7 Å². The van der Waals surface area contributed by atoms with Crippen LogP contribution in [0.25, 0.3) is 21.9 Å². The fourth-order valence-corrected chi connectivity index (χ4v) is 5.26. The van der Waals surface area contributed by atoms with Crippen LogP contribution in [0.3, 0.4) is 0 Å². The summed E-state index contributed by atoms with van der Waals surface area (Å²) in [4.78, 5) is 0.320. The van der Waals surface area contributed by atoms with Crippen molar-refractivity contribution in [3.8, 4) is 11.1 Å². The highest BCUT2D eigenvalue weighted by Crippen LogP contribution is 2.39. The van der Waals surface area contributed by atoms with E-state index in [-0.39, 0.29) is 0 Å². The van der Waals surface area contributed by atoms with Crippen molar-refractivity contribution in [2.75, 3.05) is 0 Å². The molecule has 132 valence electrons. The minimum atomic E-state index is -3.65. The molecule has 4 aromatic carbocycles. The fraction of sp³-hybridized carbons (Fsp3) is 0.0435. The van der Waals surface area contributed by atoms with Gasteiger partial charge in [-0.2, -0.15) is 4.72 Å². The van der Waals surface area contributed by atoms with Crippen LogP contribution in [0.5, 0.6) is 0 Å². The van der Waals surface area contributed by atoms with Gasteiger partial charge in [0.2, 0.25) is 10.0 Å². The highest BCUT2D eigenvalue weighted by Gasteiger charge is 2.31. The Balaban J connectivity index is 1.78. The van der Waals surface area contributed by atoms with Crippen LogP contribution >= 0.6 is 0 Å². The molecule has 0 aliphatic carbocycles. The molecule has 0 saturated carbocycles. The topological polar surface area (TPSA) is 46.2 Å². The number of sulfonamides is 1. The van der Waals surface area contributed by atoms with E-state index >= 15 is 0 Å². The van der Waals surface area contributed by atoms with Gasteiger partial charge in [0.1, 0.15) is 0 Å². The first kappa shape index (κ1) is 16.2. The van der Waals surface area contributed by atoms with Crippen molar-refractivity contribution in [3.63, 3.8) is 0 Å². The molecule has 0 spiro atoms. The third-order valence-electron chi connectivity index (χ3n) is 5.12. The lowest BCUT2D eigenvalue weighted by Crippen LogP contribution is -2.28. The zero-order valence-corrected chi connectivity index (χ0v) is 15.3. The van der Waals surface area contributed by atoms with E-state index in [4.69, 9.17) is 0 Å². The number of rotatable bonds is 1. The van der Waals surface area contributed by atoms with Crippen LogP contribution in [0, 0.1) is 0 Å². The molecule has 1 aliphatic heterocycles. The summed E-state index contributed by atoms with van der Waals surface area (Å²) in [6, 6.07) is 28.8. The van der Waals surface area contributed by atoms with E-state index in [0.717, 1.165) is 33.0 Å². The van der Waals surface area contributed by atoms with E-state index < -0.39 is 16.1 Å². The second kappa shape index (κ2) is 6.05. The second-order valence-corrected chi connectivity index (χ2v) is 8.43. The van der Waals surface area contributed by atoms with Gasteiger partial charge in [0.25, 0.3) is 0 Å². The molecule has 0 saturated heterocycles. The highest BCUT2D eigenvalue weighted by molar-refractivity contribution is 7.89. The normalized spacial score (nSPS) is 17.7. The first-order valence-electron chi connectivity index (χ1n) is 8.83. The van der Waals surface area contributed by atoms with Crippen LogP contribution in [0.4, 0.5) is 0 Å². The van der Waals surface area contributed by atoms with Gasteiger partial charge in [-0.1, -0.05) is 78.9 Å². The summed E-state index contributed by atoms with van der Waals surface area (Å²) in [6.45, 7) is 0. The first-order chi connectivity index (χ1) is 13.1. The minimum absolute atomic E-state index is 0.320. The molecule has 27 heavy (non-hydrogen) atoms. The van der Waals surface area contributed by atoms with E-state index in [0.29, 0.717) is 4.90 Å². The molecular weight excluding hydrogens is 354 g/mol. The maximum Gasteiger partial charge on any atom is 0.242 e. The van der Waals surface area contributed by atoms with Crippen molar-refractivity contribution in [2.24, 2.45) is 0 Å². The van der Waals surface area contributed by atoms with E-state index in [9.17, 15) is 8.42 Å². The van der Waals surface area contributed by atoms with Gasteiger partial charge in [-0.15, -0.1) is 0 Å². The lowest BCUT2D eigenvalue weighted by atomic mass is 9.91. The van der Waals surface area contributed by atoms with E-state index in [1.165, 1.54) is 0 Å². The zero-order chi connectivity index (χ0) is 18.4. The molecule has 1 heterocycles. The Hall–Kier alpha value is -2.95. The summed E-state index contributed by atoms with van der Waals surface area (Å²) in [5, 5.41) is 2.22. The Bertz CT molecular complexity index is 1280. The molecule has 0 bridgehead atoms. The molecule has 0 radical (unpaired) electrons. The van der Waals surface area contributed by atoms with Gasteiger partial charge < -0.3 is 0 Å². The Morgan fingerprint density at radius 3 is 2.19 bits per heavy atom. The Morgan fingerprint density at radius 2 is 1.33 bits per heavy atom. The van der Waals surface area contributed by atoms with Crippen LogP contribution in [0.15, 0.2) is 95.9 Å². The van der Waals surface area contributed by atoms with Gasteiger partial charge in [-0.05, 0) is 39.6 Å². The Labute approximate surface area is 158 Å². The average molecular weight is 371 g/mol. The Kier molecular flexibility index (Phi) is 3.64. The van der Waals surface area contributed by atoms with Crippen molar-refractivity contribution in [3.05, 3.63) is 102 Å². The molecule has 4 heteroatoms. The summed E-state index contributed by atoms with van der Waals surface area (Å²) in [7, 11) is -3.65. The van der Waals surface area contributed by atoms with Gasteiger partial charge in [0, 0.05) is 5.56 Å². The summed E-state index contributed by atoms with van der Waals surface area (Å²) in [5.41, 5.74) is 3.57. The number of hydrogen-bond donors (Lipinski definition) is 1. The smallest absolute Gasteiger partial charge is 0.207 e. The van der Waals surface area contributed by atoms with E-state index in [2.05, 4.69) is 16.9 Å². The standard InChI is InChI=1S/C23H17NO2S/c25-27(26)22-12-6-5-10-20(22)19-9-3-4-11-21(19)23(24-27)18-14-13-16-7-1-2-8-17(16)15-18/h1-15,23-24H. The molecule has 0 fully saturated rings. The lowest BCUT2D eigenvalue weighted by Gasteiger charge is -2.19. The summed E-state index contributed by atoms with van der Waals surface area (Å²) in [6.07, 6.45) is 0.